The summed E-state index contributed by atoms with van der Waals surface area (Å²) in [6.45, 7) is 0.717. The quantitative estimate of drug-likeness (QED) is 0.566. The van der Waals surface area contributed by atoms with Gasteiger partial charge in [-0.1, -0.05) is 0 Å². The summed E-state index contributed by atoms with van der Waals surface area (Å²) in [7, 11) is 1.48. The maximum Gasteiger partial charge on any atom is 0.236 e. The van der Waals surface area contributed by atoms with E-state index in [0.29, 0.717) is 13.0 Å². The van der Waals surface area contributed by atoms with E-state index in [0.717, 1.165) is 4.90 Å². The van der Waals surface area contributed by atoms with E-state index in [1.807, 2.05) is 0 Å². The third kappa shape index (κ3) is 1.78. The highest BCUT2D eigenvalue weighted by atomic mass is 16.2. The molecule has 2 aliphatic rings. The predicted octanol–water partition coefficient (Wildman–Crippen LogP) is -0.637. The van der Waals surface area contributed by atoms with Crippen molar-refractivity contribution < 1.29 is 14.4 Å². The van der Waals surface area contributed by atoms with Crippen molar-refractivity contribution >= 4 is 17.7 Å². The van der Waals surface area contributed by atoms with Crippen molar-refractivity contribution in [3.63, 3.8) is 0 Å². The summed E-state index contributed by atoms with van der Waals surface area (Å²) in [6, 6.07) is 1.80. The monoisotopic (exact) mass is 235 g/mol. The zero-order valence-corrected chi connectivity index (χ0v) is 9.55. The molecule has 0 aliphatic carbocycles. The average Bonchev–Trinajstić information content (AvgIpc) is 2.55. The number of hydrogen-bond donors (Lipinski definition) is 0. The van der Waals surface area contributed by atoms with E-state index in [2.05, 4.69) is 0 Å². The fourth-order valence-corrected chi connectivity index (χ4v) is 2.51. The van der Waals surface area contributed by atoms with Gasteiger partial charge in [-0.3, -0.25) is 19.3 Å². The maximum absolute atomic E-state index is 11.8. The molecule has 2 atom stereocenters. The molecule has 17 heavy (non-hydrogen) atoms. The molecule has 2 aliphatic heterocycles. The number of imide groups is 1. The van der Waals surface area contributed by atoms with Crippen LogP contribution in [-0.4, -0.2) is 47.7 Å². The minimum atomic E-state index is -0.413. The lowest BCUT2D eigenvalue weighted by atomic mass is 9.87. The minimum Gasteiger partial charge on any atom is -0.341 e. The highest BCUT2D eigenvalue weighted by molar-refractivity contribution is 6.05. The van der Waals surface area contributed by atoms with E-state index in [4.69, 9.17) is 5.26 Å². The van der Waals surface area contributed by atoms with Crippen molar-refractivity contribution in [1.82, 2.24) is 9.80 Å². The lowest BCUT2D eigenvalue weighted by Crippen LogP contribution is -2.44. The van der Waals surface area contributed by atoms with Crippen LogP contribution in [0.25, 0.3) is 0 Å². The molecule has 6 nitrogen and oxygen atoms in total. The average molecular weight is 235 g/mol. The molecule has 0 radical (unpaired) electrons. The number of nitrogens with zero attached hydrogens (tertiary/aromatic N) is 3. The second-order valence-corrected chi connectivity index (χ2v) is 4.41. The molecule has 0 bridgehead atoms. The van der Waals surface area contributed by atoms with Crippen molar-refractivity contribution in [2.24, 2.45) is 11.8 Å². The summed E-state index contributed by atoms with van der Waals surface area (Å²) in [5.74, 6) is -1.31. The molecule has 0 saturated carbocycles. The first kappa shape index (κ1) is 11.6. The fraction of sp³-hybridized carbons (Fsp3) is 0.636. The molecule has 0 N–H and O–H groups in total. The number of fused-ring (bicyclic) bond motifs is 1. The third-order valence-electron chi connectivity index (χ3n) is 3.49. The lowest BCUT2D eigenvalue weighted by Gasteiger charge is -2.31. The lowest BCUT2D eigenvalue weighted by molar-refractivity contribution is -0.138. The molecule has 2 rings (SSSR count). The van der Waals surface area contributed by atoms with Crippen LogP contribution in [0.2, 0.25) is 0 Å². The Morgan fingerprint density at radius 3 is 2.71 bits per heavy atom. The highest BCUT2D eigenvalue weighted by Gasteiger charge is 2.48. The molecule has 0 aromatic rings. The molecular formula is C11H13N3O3. The van der Waals surface area contributed by atoms with Gasteiger partial charge in [-0.25, -0.2) is 0 Å². The van der Waals surface area contributed by atoms with Crippen molar-refractivity contribution in [2.75, 3.05) is 20.1 Å². The normalized spacial score (nSPS) is 28.0. The first-order valence-electron chi connectivity index (χ1n) is 5.52. The first-order valence-corrected chi connectivity index (χ1v) is 5.52. The molecule has 0 aromatic carbocycles. The van der Waals surface area contributed by atoms with Gasteiger partial charge in [0.1, 0.15) is 6.42 Å². The largest absolute Gasteiger partial charge is 0.341 e. The summed E-state index contributed by atoms with van der Waals surface area (Å²) in [5, 5.41) is 8.46. The van der Waals surface area contributed by atoms with Crippen molar-refractivity contribution in [3.8, 4) is 6.07 Å². The number of piperidine rings is 1. The minimum absolute atomic E-state index is 0.146. The molecule has 2 saturated heterocycles. The van der Waals surface area contributed by atoms with E-state index in [1.165, 1.54) is 11.9 Å². The Hall–Kier alpha value is -1.90. The summed E-state index contributed by atoms with van der Waals surface area (Å²) in [6.07, 6.45) is 0.339. The standard InChI is InChI=1S/C11H13N3O3/c1-13-10(16)7-3-5-14(9(15)2-4-12)6-8(7)11(13)17/h7-8H,2-3,5-6H2,1H3. The van der Waals surface area contributed by atoms with E-state index in [-0.39, 0.29) is 36.6 Å². The summed E-state index contributed by atoms with van der Waals surface area (Å²) in [5.41, 5.74) is 0. The van der Waals surface area contributed by atoms with Crippen LogP contribution in [-0.2, 0) is 14.4 Å². The SMILES string of the molecule is CN1C(=O)C2CCN(C(=O)CC#N)CC2C1=O. The van der Waals surface area contributed by atoms with Crippen LogP contribution >= 0.6 is 0 Å². The van der Waals surface area contributed by atoms with Crippen LogP contribution in [0.5, 0.6) is 0 Å². The zero-order chi connectivity index (χ0) is 12.6. The molecule has 2 heterocycles. The van der Waals surface area contributed by atoms with Gasteiger partial charge in [-0.15, -0.1) is 0 Å². The highest BCUT2D eigenvalue weighted by Crippen LogP contribution is 2.32. The summed E-state index contributed by atoms with van der Waals surface area (Å²) in [4.78, 5) is 37.7. The topological polar surface area (TPSA) is 81.5 Å². The van der Waals surface area contributed by atoms with Gasteiger partial charge in [0.2, 0.25) is 17.7 Å². The number of likely N-dealkylation sites (tertiary alicyclic amines) is 2. The molecule has 6 heteroatoms. The smallest absolute Gasteiger partial charge is 0.236 e. The molecule has 2 unspecified atom stereocenters. The van der Waals surface area contributed by atoms with E-state index < -0.39 is 5.92 Å². The number of nitriles is 1. The Labute approximate surface area is 98.8 Å². The van der Waals surface area contributed by atoms with Gasteiger partial charge in [-0.2, -0.15) is 5.26 Å². The number of hydrogen-bond acceptors (Lipinski definition) is 4. The van der Waals surface area contributed by atoms with E-state index >= 15 is 0 Å². The molecular weight excluding hydrogens is 222 g/mol. The molecule has 90 valence electrons. The van der Waals surface area contributed by atoms with Crippen LogP contribution in [0.3, 0.4) is 0 Å². The Bertz CT molecular complexity index is 426. The van der Waals surface area contributed by atoms with Crippen molar-refractivity contribution in [3.05, 3.63) is 0 Å². The molecule has 3 amide bonds. The first-order chi connectivity index (χ1) is 8.06. The third-order valence-corrected chi connectivity index (χ3v) is 3.49. The van der Waals surface area contributed by atoms with Gasteiger partial charge in [0, 0.05) is 20.1 Å². The van der Waals surface area contributed by atoms with Gasteiger partial charge < -0.3 is 4.90 Å². The van der Waals surface area contributed by atoms with E-state index in [9.17, 15) is 14.4 Å². The predicted molar refractivity (Wildman–Crippen MR) is 56.2 cm³/mol. The van der Waals surface area contributed by atoms with Crippen molar-refractivity contribution in [2.45, 2.75) is 12.8 Å². The van der Waals surface area contributed by atoms with Gasteiger partial charge in [0.15, 0.2) is 0 Å². The fourth-order valence-electron chi connectivity index (χ4n) is 2.51. The Kier molecular flexibility index (Phi) is 2.84. The summed E-state index contributed by atoms with van der Waals surface area (Å²) < 4.78 is 0. The number of rotatable bonds is 1. The van der Waals surface area contributed by atoms with Crippen LogP contribution in [0.15, 0.2) is 0 Å². The zero-order valence-electron chi connectivity index (χ0n) is 9.55. The number of carbonyl (C=O) groups is 3. The summed E-state index contributed by atoms with van der Waals surface area (Å²) >= 11 is 0. The van der Waals surface area contributed by atoms with Crippen LogP contribution in [0.1, 0.15) is 12.8 Å². The Morgan fingerprint density at radius 1 is 1.41 bits per heavy atom. The Morgan fingerprint density at radius 2 is 2.06 bits per heavy atom. The second-order valence-electron chi connectivity index (χ2n) is 4.41. The van der Waals surface area contributed by atoms with Gasteiger partial charge >= 0.3 is 0 Å². The molecule has 2 fully saturated rings. The van der Waals surface area contributed by atoms with Crippen LogP contribution < -0.4 is 0 Å². The number of carbonyl (C=O) groups excluding carboxylic acids is 3. The van der Waals surface area contributed by atoms with Crippen LogP contribution in [0.4, 0.5) is 0 Å². The molecule has 0 spiro atoms. The number of amides is 3. The Balaban J connectivity index is 2.10. The van der Waals surface area contributed by atoms with Gasteiger partial charge in [0.05, 0.1) is 17.9 Å². The molecule has 0 aromatic heterocycles. The van der Waals surface area contributed by atoms with Crippen molar-refractivity contribution in [1.29, 1.82) is 5.26 Å². The van der Waals surface area contributed by atoms with Gasteiger partial charge in [0.25, 0.3) is 0 Å². The second kappa shape index (κ2) is 4.17. The van der Waals surface area contributed by atoms with E-state index in [1.54, 1.807) is 6.07 Å². The van der Waals surface area contributed by atoms with Crippen LogP contribution in [0, 0.1) is 23.2 Å². The maximum atomic E-state index is 11.8. The van der Waals surface area contributed by atoms with Gasteiger partial charge in [-0.05, 0) is 6.42 Å².